The molecule has 1 aromatic carbocycles. The number of aromatic amines is 1. The summed E-state index contributed by atoms with van der Waals surface area (Å²) in [5, 5.41) is 0.914. The van der Waals surface area contributed by atoms with Gasteiger partial charge in [-0.2, -0.15) is 4.99 Å². The van der Waals surface area contributed by atoms with Crippen molar-refractivity contribution < 1.29 is 4.79 Å². The van der Waals surface area contributed by atoms with Crippen LogP contribution < -0.4 is 0 Å². The van der Waals surface area contributed by atoms with Gasteiger partial charge in [0, 0.05) is 17.1 Å². The third-order valence-electron chi connectivity index (χ3n) is 1.67. The van der Waals surface area contributed by atoms with E-state index in [0.29, 0.717) is 5.69 Å². The van der Waals surface area contributed by atoms with Crippen molar-refractivity contribution in [3.63, 3.8) is 0 Å². The highest BCUT2D eigenvalue weighted by atomic mass is 16.1. The number of H-pyrrole nitrogens is 1. The van der Waals surface area contributed by atoms with Crippen LogP contribution in [0.4, 0.5) is 5.69 Å². The molecule has 1 N–H and O–H groups in total. The van der Waals surface area contributed by atoms with Crippen LogP contribution in [0.2, 0.25) is 0 Å². The van der Waals surface area contributed by atoms with Crippen LogP contribution in [0.25, 0.3) is 10.9 Å². The first-order valence-electron chi connectivity index (χ1n) is 3.47. The Balaban J connectivity index is 2.78. The second-order valence-corrected chi connectivity index (χ2v) is 2.35. The van der Waals surface area contributed by atoms with Gasteiger partial charge >= 0.3 is 0 Å². The molecule has 3 nitrogen and oxygen atoms in total. The van der Waals surface area contributed by atoms with Crippen LogP contribution in [0.15, 0.2) is 29.4 Å². The largest absolute Gasteiger partial charge is 0.359 e. The van der Waals surface area contributed by atoms with Crippen LogP contribution in [0.3, 0.4) is 0 Å². The first kappa shape index (κ1) is 6.83. The fourth-order valence-electron chi connectivity index (χ4n) is 1.14. The van der Waals surface area contributed by atoms with Gasteiger partial charge in [0.05, 0.1) is 0 Å². The van der Waals surface area contributed by atoms with Crippen LogP contribution in [0.1, 0.15) is 0 Å². The summed E-state index contributed by atoms with van der Waals surface area (Å²) < 4.78 is 0. The van der Waals surface area contributed by atoms with Crippen molar-refractivity contribution in [1.82, 2.24) is 4.98 Å². The average molecular weight is 157 g/mol. The minimum Gasteiger partial charge on any atom is -0.359 e. The Morgan fingerprint density at radius 1 is 1.58 bits per heavy atom. The highest BCUT2D eigenvalue weighted by Crippen LogP contribution is 2.24. The van der Waals surface area contributed by atoms with E-state index in [0.717, 1.165) is 10.9 Å². The SMILES string of the molecule is O=C=Nc1c[nH]c2c[c]ccc12. The first-order valence-corrected chi connectivity index (χ1v) is 3.47. The van der Waals surface area contributed by atoms with Crippen molar-refractivity contribution in [2.24, 2.45) is 4.99 Å². The van der Waals surface area contributed by atoms with Gasteiger partial charge < -0.3 is 4.98 Å². The van der Waals surface area contributed by atoms with Crippen molar-refractivity contribution >= 4 is 22.7 Å². The van der Waals surface area contributed by atoms with E-state index in [1.54, 1.807) is 18.3 Å². The lowest BCUT2D eigenvalue weighted by atomic mass is 10.2. The molecular weight excluding hydrogens is 152 g/mol. The number of aromatic nitrogens is 1. The van der Waals surface area contributed by atoms with E-state index in [1.807, 2.05) is 6.07 Å². The Morgan fingerprint density at radius 2 is 2.50 bits per heavy atom. The lowest BCUT2D eigenvalue weighted by Crippen LogP contribution is -1.64. The summed E-state index contributed by atoms with van der Waals surface area (Å²) in [7, 11) is 0. The van der Waals surface area contributed by atoms with Gasteiger partial charge in [0.2, 0.25) is 6.08 Å². The topological polar surface area (TPSA) is 45.2 Å². The second-order valence-electron chi connectivity index (χ2n) is 2.35. The smallest absolute Gasteiger partial charge is 0.240 e. The molecule has 0 saturated carbocycles. The maximum absolute atomic E-state index is 10.0. The van der Waals surface area contributed by atoms with E-state index in [-0.39, 0.29) is 0 Å². The summed E-state index contributed by atoms with van der Waals surface area (Å²) in [6.07, 6.45) is 3.18. The maximum atomic E-state index is 10.0. The summed E-state index contributed by atoms with van der Waals surface area (Å²) in [6.45, 7) is 0. The Morgan fingerprint density at radius 3 is 3.33 bits per heavy atom. The van der Waals surface area contributed by atoms with Crippen molar-refractivity contribution in [2.45, 2.75) is 0 Å². The van der Waals surface area contributed by atoms with Crippen LogP contribution in [-0.4, -0.2) is 11.1 Å². The first-order chi connectivity index (χ1) is 5.92. The van der Waals surface area contributed by atoms with Gasteiger partial charge in [-0.15, -0.1) is 0 Å². The summed E-state index contributed by atoms with van der Waals surface area (Å²) >= 11 is 0. The zero-order chi connectivity index (χ0) is 8.39. The molecule has 3 heteroatoms. The quantitative estimate of drug-likeness (QED) is 0.499. The average Bonchev–Trinajstić information content (AvgIpc) is 2.50. The molecule has 0 fully saturated rings. The number of nitrogens with zero attached hydrogens (tertiary/aromatic N) is 1. The number of isocyanates is 1. The lowest BCUT2D eigenvalue weighted by molar-refractivity contribution is 0.565. The van der Waals surface area contributed by atoms with Gasteiger partial charge in [-0.05, 0) is 12.1 Å². The number of nitrogens with one attached hydrogen (secondary N) is 1. The molecule has 2 aromatic rings. The van der Waals surface area contributed by atoms with Gasteiger partial charge in [0.25, 0.3) is 0 Å². The summed E-state index contributed by atoms with van der Waals surface area (Å²) in [5.74, 6) is 0. The fourth-order valence-corrected chi connectivity index (χ4v) is 1.14. The van der Waals surface area contributed by atoms with Crippen LogP contribution in [0.5, 0.6) is 0 Å². The second kappa shape index (κ2) is 2.64. The zero-order valence-electron chi connectivity index (χ0n) is 6.16. The molecular formula is C9H5N2O. The van der Waals surface area contributed by atoms with E-state index < -0.39 is 0 Å². The molecule has 1 radical (unpaired) electrons. The van der Waals surface area contributed by atoms with Crippen molar-refractivity contribution in [3.8, 4) is 0 Å². The molecule has 0 aliphatic carbocycles. The number of rotatable bonds is 1. The van der Waals surface area contributed by atoms with Crippen molar-refractivity contribution in [2.75, 3.05) is 0 Å². The standard InChI is InChI=1S/C9H5N2O/c12-6-11-9-5-10-8-4-2-1-3-7(8)9/h1,3-5,10H. The number of carbonyl (C=O) groups excluding carboxylic acids is 1. The maximum Gasteiger partial charge on any atom is 0.240 e. The normalized spacial score (nSPS) is 9.67. The molecule has 0 unspecified atom stereocenters. The van der Waals surface area contributed by atoms with Gasteiger partial charge in [-0.3, -0.25) is 0 Å². The molecule has 0 amide bonds. The lowest BCUT2D eigenvalue weighted by Gasteiger charge is -1.86. The number of hydrogen-bond acceptors (Lipinski definition) is 2. The number of fused-ring (bicyclic) bond motifs is 1. The van der Waals surface area contributed by atoms with Gasteiger partial charge in [-0.1, -0.05) is 12.1 Å². The van der Waals surface area contributed by atoms with Crippen LogP contribution in [0, 0.1) is 6.07 Å². The monoisotopic (exact) mass is 157 g/mol. The Bertz CT molecular complexity index is 452. The predicted molar refractivity (Wildman–Crippen MR) is 44.9 cm³/mol. The van der Waals surface area contributed by atoms with E-state index in [2.05, 4.69) is 16.0 Å². The van der Waals surface area contributed by atoms with E-state index in [1.165, 1.54) is 6.08 Å². The van der Waals surface area contributed by atoms with Gasteiger partial charge in [0.15, 0.2) is 0 Å². The molecule has 0 aliphatic heterocycles. The minimum absolute atomic E-state index is 0.619. The number of aliphatic imine (C=N–C) groups is 1. The molecule has 1 heterocycles. The third kappa shape index (κ3) is 0.929. The van der Waals surface area contributed by atoms with Crippen LogP contribution >= 0.6 is 0 Å². The Labute approximate surface area is 68.7 Å². The molecule has 0 atom stereocenters. The fraction of sp³-hybridized carbons (Fsp3) is 0. The molecule has 1 aromatic heterocycles. The van der Waals surface area contributed by atoms with Crippen LogP contribution in [-0.2, 0) is 4.79 Å². The van der Waals surface area contributed by atoms with Gasteiger partial charge in [-0.25, -0.2) is 4.79 Å². The summed E-state index contributed by atoms with van der Waals surface area (Å²) in [4.78, 5) is 16.5. The van der Waals surface area contributed by atoms with E-state index in [4.69, 9.17) is 0 Å². The molecule has 0 bridgehead atoms. The molecule has 2 rings (SSSR count). The molecule has 0 spiro atoms. The summed E-state index contributed by atoms with van der Waals surface area (Å²) in [5.41, 5.74) is 1.54. The molecule has 57 valence electrons. The zero-order valence-corrected chi connectivity index (χ0v) is 6.16. The highest BCUT2D eigenvalue weighted by Gasteiger charge is 1.99. The van der Waals surface area contributed by atoms with Crippen molar-refractivity contribution in [1.29, 1.82) is 0 Å². The summed E-state index contributed by atoms with van der Waals surface area (Å²) in [6, 6.07) is 8.35. The number of hydrogen-bond donors (Lipinski definition) is 1. The van der Waals surface area contributed by atoms with E-state index in [9.17, 15) is 4.79 Å². The van der Waals surface area contributed by atoms with E-state index >= 15 is 0 Å². The predicted octanol–water partition coefficient (Wildman–Crippen LogP) is 1.94. The molecule has 0 saturated heterocycles. The number of benzene rings is 1. The molecule has 0 aliphatic rings. The molecule has 12 heavy (non-hydrogen) atoms. The van der Waals surface area contributed by atoms with Gasteiger partial charge in [0.1, 0.15) is 5.69 Å². The van der Waals surface area contributed by atoms with Crippen molar-refractivity contribution in [3.05, 3.63) is 30.5 Å². The minimum atomic E-state index is 0.619. The Hall–Kier alpha value is -1.86. The third-order valence-corrected chi connectivity index (χ3v) is 1.67. The Kier molecular flexibility index (Phi) is 1.50. The highest BCUT2D eigenvalue weighted by molar-refractivity contribution is 5.91.